The summed E-state index contributed by atoms with van der Waals surface area (Å²) in [4.78, 5) is 11.5. The van der Waals surface area contributed by atoms with Gasteiger partial charge in [0.1, 0.15) is 5.60 Å². The molecular weight excluding hydrogens is 212 g/mol. The zero-order chi connectivity index (χ0) is 12.5. The Hall–Kier alpha value is -0.220. The third kappa shape index (κ3) is 5.42. The zero-order valence-electron chi connectivity index (χ0n) is 10.5. The number of carbonyl (C=O) groups is 1. The largest absolute Gasteiger partial charge is 0.459 e. The maximum Gasteiger partial charge on any atom is 0.317 e. The van der Waals surface area contributed by atoms with E-state index in [2.05, 4.69) is 0 Å². The van der Waals surface area contributed by atoms with Crippen LogP contribution >= 0.6 is 10.3 Å². The van der Waals surface area contributed by atoms with E-state index in [1.54, 1.807) is 20.8 Å². The van der Waals surface area contributed by atoms with Crippen LogP contribution in [0.25, 0.3) is 0 Å². The summed E-state index contributed by atoms with van der Waals surface area (Å²) in [7, 11) is -2.44. The van der Waals surface area contributed by atoms with E-state index < -0.39 is 26.6 Å². The first-order valence-corrected chi connectivity index (χ1v) is 6.70. The third-order valence-corrected chi connectivity index (χ3v) is 4.62. The number of rotatable bonds is 2. The summed E-state index contributed by atoms with van der Waals surface area (Å²) < 4.78 is 14.6. The Morgan fingerprint density at radius 3 is 1.93 bits per heavy atom. The molecule has 0 amide bonds. The van der Waals surface area contributed by atoms with E-state index in [9.17, 15) is 9.35 Å². The predicted octanol–water partition coefficient (Wildman–Crippen LogP) is 3.07. The molecule has 0 rings (SSSR count). The summed E-state index contributed by atoms with van der Waals surface area (Å²) in [6.45, 7) is 10.8. The molecule has 0 aliphatic carbocycles. The van der Waals surface area contributed by atoms with Crippen molar-refractivity contribution in [3.8, 4) is 0 Å². The number of carbonyl (C=O) groups excluding carboxylic acids is 1. The van der Waals surface area contributed by atoms with Crippen LogP contribution in [-0.2, 0) is 9.53 Å². The molecule has 3 nitrogen and oxygen atoms in total. The first kappa shape index (κ1) is 14.8. The smallest absolute Gasteiger partial charge is 0.317 e. The summed E-state index contributed by atoms with van der Waals surface area (Å²) in [5, 5.41) is 0. The Morgan fingerprint density at radius 2 is 1.67 bits per heavy atom. The van der Waals surface area contributed by atoms with E-state index in [-0.39, 0.29) is 5.75 Å². The Kier molecular flexibility index (Phi) is 4.27. The minimum Gasteiger partial charge on any atom is -0.459 e. The number of hydrogen-bond acceptors (Lipinski definition) is 3. The third-order valence-electron chi connectivity index (χ3n) is 1.82. The topological polar surface area (TPSA) is 46.5 Å². The molecule has 0 aliphatic rings. The van der Waals surface area contributed by atoms with Gasteiger partial charge in [-0.25, -0.2) is 0 Å². The number of hydrogen-bond donors (Lipinski definition) is 1. The highest BCUT2D eigenvalue weighted by Gasteiger charge is 2.34. The van der Waals surface area contributed by atoms with Crippen LogP contribution in [0.15, 0.2) is 0 Å². The average molecular weight is 234 g/mol. The lowest BCUT2D eigenvalue weighted by Gasteiger charge is -2.41. The monoisotopic (exact) mass is 234 g/mol. The molecule has 0 spiro atoms. The molecular formula is C11H22O3S. The lowest BCUT2D eigenvalue weighted by molar-refractivity contribution is -0.151. The molecule has 0 aliphatic heterocycles. The van der Waals surface area contributed by atoms with Crippen molar-refractivity contribution in [2.45, 2.75) is 51.9 Å². The van der Waals surface area contributed by atoms with Gasteiger partial charge in [0, 0.05) is 11.0 Å². The summed E-state index contributed by atoms with van der Waals surface area (Å²) in [5.41, 5.74) is -0.537. The number of ether oxygens (including phenoxy) is 1. The van der Waals surface area contributed by atoms with Crippen LogP contribution in [0, 0.1) is 6.26 Å². The molecule has 0 saturated heterocycles. The van der Waals surface area contributed by atoms with Gasteiger partial charge >= 0.3 is 5.97 Å². The SMILES string of the molecule is [CH]S(O)(CC(=O)OC(C)(C)C)C(C)(C)C. The van der Waals surface area contributed by atoms with Crippen molar-refractivity contribution in [3.63, 3.8) is 0 Å². The Balaban J connectivity index is 4.43. The van der Waals surface area contributed by atoms with E-state index in [1.807, 2.05) is 20.8 Å². The molecule has 1 atom stereocenters. The summed E-state index contributed by atoms with van der Waals surface area (Å²) >= 11 is 0. The fourth-order valence-corrected chi connectivity index (χ4v) is 1.62. The van der Waals surface area contributed by atoms with Gasteiger partial charge in [-0.2, -0.15) is 0 Å². The van der Waals surface area contributed by atoms with Gasteiger partial charge in [0.05, 0.1) is 5.75 Å². The molecule has 1 unspecified atom stereocenters. The van der Waals surface area contributed by atoms with Crippen molar-refractivity contribution in [2.24, 2.45) is 0 Å². The van der Waals surface area contributed by atoms with Crippen molar-refractivity contribution < 1.29 is 14.1 Å². The standard InChI is InChI=1S/C11H22O3S/c1-10(2,3)14-9(12)8-15(7,13)11(4,5)6/h7,13H,8H2,1-6H3. The Morgan fingerprint density at radius 1 is 1.27 bits per heavy atom. The molecule has 1 N–H and O–H groups in total. The van der Waals surface area contributed by atoms with E-state index in [0.717, 1.165) is 0 Å². The van der Waals surface area contributed by atoms with Crippen LogP contribution in [0.2, 0.25) is 0 Å². The van der Waals surface area contributed by atoms with Crippen LogP contribution in [-0.4, -0.2) is 26.6 Å². The molecule has 0 bridgehead atoms. The second-order valence-corrected chi connectivity index (χ2v) is 8.62. The summed E-state index contributed by atoms with van der Waals surface area (Å²) in [6.07, 6.45) is 5.75. The molecule has 0 fully saturated rings. The zero-order valence-corrected chi connectivity index (χ0v) is 11.3. The second-order valence-electron chi connectivity index (χ2n) is 5.60. The fraction of sp³-hybridized carbons (Fsp3) is 0.818. The normalized spacial score (nSPS) is 19.2. The van der Waals surface area contributed by atoms with Crippen molar-refractivity contribution >= 4 is 16.3 Å². The molecule has 15 heavy (non-hydrogen) atoms. The van der Waals surface area contributed by atoms with Crippen molar-refractivity contribution in [1.82, 2.24) is 0 Å². The molecule has 0 aromatic rings. The van der Waals surface area contributed by atoms with Crippen LogP contribution in [0.4, 0.5) is 0 Å². The van der Waals surface area contributed by atoms with E-state index in [0.29, 0.717) is 0 Å². The quantitative estimate of drug-likeness (QED) is 0.747. The van der Waals surface area contributed by atoms with Crippen LogP contribution in [0.3, 0.4) is 0 Å². The molecule has 4 heteroatoms. The lowest BCUT2D eigenvalue weighted by atomic mass is 10.2. The summed E-state index contributed by atoms with van der Waals surface area (Å²) in [6, 6.07) is 0. The maximum absolute atomic E-state index is 11.5. The summed E-state index contributed by atoms with van der Waals surface area (Å²) in [5.74, 6) is -0.564. The van der Waals surface area contributed by atoms with Crippen molar-refractivity contribution in [1.29, 1.82) is 0 Å². The van der Waals surface area contributed by atoms with Crippen LogP contribution < -0.4 is 0 Å². The van der Waals surface area contributed by atoms with Gasteiger partial charge in [-0.1, -0.05) is 20.8 Å². The first-order chi connectivity index (χ1) is 6.35. The van der Waals surface area contributed by atoms with Gasteiger partial charge < -0.3 is 9.29 Å². The highest BCUT2D eigenvalue weighted by molar-refractivity contribution is 8.31. The second kappa shape index (κ2) is 4.34. The van der Waals surface area contributed by atoms with E-state index in [1.165, 1.54) is 0 Å². The van der Waals surface area contributed by atoms with Crippen molar-refractivity contribution in [2.75, 3.05) is 5.75 Å². The van der Waals surface area contributed by atoms with E-state index >= 15 is 0 Å². The molecule has 2 radical (unpaired) electrons. The van der Waals surface area contributed by atoms with E-state index in [4.69, 9.17) is 11.0 Å². The first-order valence-electron chi connectivity index (χ1n) is 4.88. The minimum atomic E-state index is -2.44. The van der Waals surface area contributed by atoms with Crippen molar-refractivity contribution in [3.05, 3.63) is 6.26 Å². The Labute approximate surface area is 94.7 Å². The maximum atomic E-state index is 11.5. The lowest BCUT2D eigenvalue weighted by Crippen LogP contribution is -2.32. The predicted molar refractivity (Wildman–Crippen MR) is 65.0 cm³/mol. The molecule has 0 heterocycles. The van der Waals surface area contributed by atoms with Gasteiger partial charge in [0.25, 0.3) is 0 Å². The molecule has 0 aromatic carbocycles. The van der Waals surface area contributed by atoms with Gasteiger partial charge in [0.15, 0.2) is 0 Å². The fourth-order valence-electron chi connectivity index (χ4n) is 0.767. The average Bonchev–Trinajstić information content (AvgIpc) is 1.75. The van der Waals surface area contributed by atoms with Gasteiger partial charge in [-0.3, -0.25) is 4.79 Å². The van der Waals surface area contributed by atoms with Gasteiger partial charge in [0.2, 0.25) is 0 Å². The van der Waals surface area contributed by atoms with Gasteiger partial charge in [-0.15, -0.1) is 10.3 Å². The minimum absolute atomic E-state index is 0.117. The van der Waals surface area contributed by atoms with Crippen LogP contribution in [0.5, 0.6) is 0 Å². The molecule has 90 valence electrons. The molecule has 0 aromatic heterocycles. The highest BCUT2D eigenvalue weighted by atomic mass is 32.3. The van der Waals surface area contributed by atoms with Crippen LogP contribution in [0.1, 0.15) is 41.5 Å². The highest BCUT2D eigenvalue weighted by Crippen LogP contribution is 2.54. The molecule has 0 saturated carbocycles. The number of esters is 1. The Bertz CT molecular complexity index is 233. The van der Waals surface area contributed by atoms with Gasteiger partial charge in [-0.05, 0) is 20.8 Å².